The van der Waals surface area contributed by atoms with Crippen molar-refractivity contribution in [3.8, 4) is 6.01 Å². The van der Waals surface area contributed by atoms with Gasteiger partial charge in [-0.1, -0.05) is 30.8 Å². The van der Waals surface area contributed by atoms with E-state index >= 15 is 0 Å². The Kier molecular flexibility index (Phi) is 5.76. The number of para-hydroxylation sites is 2. The van der Waals surface area contributed by atoms with Crippen molar-refractivity contribution in [2.45, 2.75) is 37.5 Å². The molecule has 0 spiro atoms. The lowest BCUT2D eigenvalue weighted by atomic mass is 10.1. The quantitative estimate of drug-likeness (QED) is 0.589. The number of rotatable bonds is 6. The molecule has 1 saturated heterocycles. The van der Waals surface area contributed by atoms with E-state index in [1.54, 1.807) is 12.4 Å². The summed E-state index contributed by atoms with van der Waals surface area (Å²) in [6.45, 7) is 3.34. The number of aryl methyl sites for hydroxylation is 1. The van der Waals surface area contributed by atoms with E-state index in [4.69, 9.17) is 9.15 Å². The molecule has 1 aromatic carbocycles. The monoisotopic (exact) mass is 398 g/mol. The summed E-state index contributed by atoms with van der Waals surface area (Å²) in [4.78, 5) is 27.4. The maximum atomic E-state index is 12.6. The van der Waals surface area contributed by atoms with Crippen LogP contribution in [-0.2, 0) is 11.2 Å². The second-order valence-electron chi connectivity index (χ2n) is 6.69. The number of carbonyl (C=O) groups is 1. The molecule has 8 heteroatoms. The van der Waals surface area contributed by atoms with Gasteiger partial charge in [-0.3, -0.25) is 4.79 Å². The van der Waals surface area contributed by atoms with Crippen LogP contribution in [0.4, 0.5) is 0 Å². The second kappa shape index (κ2) is 8.60. The number of fused-ring (bicyclic) bond motifs is 1. The zero-order valence-corrected chi connectivity index (χ0v) is 16.5. The summed E-state index contributed by atoms with van der Waals surface area (Å²) >= 11 is 1.32. The number of amides is 1. The lowest BCUT2D eigenvalue weighted by Gasteiger charge is -2.32. The number of oxazole rings is 1. The van der Waals surface area contributed by atoms with Crippen molar-refractivity contribution < 1.29 is 13.9 Å². The number of benzene rings is 1. The first kappa shape index (κ1) is 18.7. The number of carbonyl (C=O) groups excluding carboxylic acids is 1. The molecule has 1 unspecified atom stereocenters. The summed E-state index contributed by atoms with van der Waals surface area (Å²) in [5.41, 5.74) is 2.61. The Hall–Kier alpha value is -2.61. The number of likely N-dealkylation sites (tertiary alicyclic amines) is 1. The van der Waals surface area contributed by atoms with Gasteiger partial charge in [0, 0.05) is 18.9 Å². The largest absolute Gasteiger partial charge is 0.458 e. The molecular weight excluding hydrogens is 376 g/mol. The summed E-state index contributed by atoms with van der Waals surface area (Å²) in [7, 11) is 0. The van der Waals surface area contributed by atoms with Gasteiger partial charge < -0.3 is 14.1 Å². The van der Waals surface area contributed by atoms with Crippen LogP contribution in [0.1, 0.15) is 25.3 Å². The molecule has 146 valence electrons. The molecule has 1 aliphatic heterocycles. The standard InChI is InChI=1S/C20H22N4O3S/c1-2-14-10-21-19(22-11-14)26-15-6-5-9-24(12-15)18(25)13-28-20-23-16-7-3-4-8-17(16)27-20/h3-4,7-8,10-11,15H,2,5-6,9,12-13H2,1H3. The topological polar surface area (TPSA) is 81.4 Å². The maximum Gasteiger partial charge on any atom is 0.316 e. The van der Waals surface area contributed by atoms with Gasteiger partial charge in [0.05, 0.1) is 12.3 Å². The van der Waals surface area contributed by atoms with Gasteiger partial charge in [-0.15, -0.1) is 0 Å². The Morgan fingerprint density at radius 1 is 1.32 bits per heavy atom. The van der Waals surface area contributed by atoms with Crippen molar-refractivity contribution in [3.05, 3.63) is 42.2 Å². The highest BCUT2D eigenvalue weighted by atomic mass is 32.2. The third-order valence-electron chi connectivity index (χ3n) is 4.69. The highest BCUT2D eigenvalue weighted by Crippen LogP contribution is 2.24. The van der Waals surface area contributed by atoms with E-state index in [1.807, 2.05) is 29.2 Å². The normalized spacial score (nSPS) is 17.0. The molecule has 1 aliphatic rings. The molecule has 0 aliphatic carbocycles. The minimum absolute atomic E-state index is 0.0582. The van der Waals surface area contributed by atoms with E-state index in [0.29, 0.717) is 23.5 Å². The summed E-state index contributed by atoms with van der Waals surface area (Å²) in [6, 6.07) is 7.96. The van der Waals surface area contributed by atoms with Crippen molar-refractivity contribution in [2.75, 3.05) is 18.8 Å². The number of nitrogens with zero attached hydrogens (tertiary/aromatic N) is 4. The van der Waals surface area contributed by atoms with Crippen molar-refractivity contribution in [2.24, 2.45) is 0 Å². The van der Waals surface area contributed by atoms with Crippen LogP contribution in [0.3, 0.4) is 0 Å². The van der Waals surface area contributed by atoms with E-state index in [-0.39, 0.29) is 12.0 Å². The highest BCUT2D eigenvalue weighted by molar-refractivity contribution is 7.99. The van der Waals surface area contributed by atoms with Gasteiger partial charge >= 0.3 is 6.01 Å². The van der Waals surface area contributed by atoms with E-state index in [0.717, 1.165) is 42.5 Å². The van der Waals surface area contributed by atoms with Crippen LogP contribution in [0.5, 0.6) is 6.01 Å². The van der Waals surface area contributed by atoms with Gasteiger partial charge in [-0.05, 0) is 37.0 Å². The third kappa shape index (κ3) is 4.44. The molecule has 1 fully saturated rings. The smallest absolute Gasteiger partial charge is 0.316 e. The average molecular weight is 398 g/mol. The molecule has 0 bridgehead atoms. The predicted molar refractivity (Wildman–Crippen MR) is 106 cm³/mol. The molecule has 1 atom stereocenters. The Bertz CT molecular complexity index is 911. The first-order valence-electron chi connectivity index (χ1n) is 9.45. The molecule has 28 heavy (non-hydrogen) atoms. The first-order chi connectivity index (χ1) is 13.7. The van der Waals surface area contributed by atoms with Gasteiger partial charge in [0.15, 0.2) is 5.58 Å². The Morgan fingerprint density at radius 2 is 2.14 bits per heavy atom. The predicted octanol–water partition coefficient (Wildman–Crippen LogP) is 3.34. The number of hydrogen-bond acceptors (Lipinski definition) is 7. The van der Waals surface area contributed by atoms with E-state index < -0.39 is 0 Å². The molecule has 4 rings (SSSR count). The second-order valence-corrected chi connectivity index (χ2v) is 7.61. The van der Waals surface area contributed by atoms with E-state index in [9.17, 15) is 4.79 Å². The number of hydrogen-bond donors (Lipinski definition) is 0. The zero-order chi connectivity index (χ0) is 19.3. The number of thioether (sulfide) groups is 1. The number of aromatic nitrogens is 3. The molecule has 3 aromatic rings. The molecule has 0 N–H and O–H groups in total. The average Bonchev–Trinajstić information content (AvgIpc) is 3.16. The maximum absolute atomic E-state index is 12.6. The van der Waals surface area contributed by atoms with Crippen LogP contribution in [-0.4, -0.2) is 50.7 Å². The van der Waals surface area contributed by atoms with Gasteiger partial charge in [0.25, 0.3) is 5.22 Å². The first-order valence-corrected chi connectivity index (χ1v) is 10.4. The Balaban J connectivity index is 1.31. The molecule has 3 heterocycles. The van der Waals surface area contributed by atoms with Gasteiger partial charge in [-0.25, -0.2) is 15.0 Å². The molecular formula is C20H22N4O3S. The van der Waals surface area contributed by atoms with Crippen molar-refractivity contribution >= 4 is 28.8 Å². The Morgan fingerprint density at radius 3 is 2.93 bits per heavy atom. The summed E-state index contributed by atoms with van der Waals surface area (Å²) in [5.74, 6) is 0.351. The lowest BCUT2D eigenvalue weighted by Crippen LogP contribution is -2.45. The van der Waals surface area contributed by atoms with E-state index in [2.05, 4.69) is 21.9 Å². The molecule has 0 saturated carbocycles. The minimum atomic E-state index is -0.0838. The minimum Gasteiger partial charge on any atom is -0.458 e. The fraction of sp³-hybridized carbons (Fsp3) is 0.400. The third-order valence-corrected chi connectivity index (χ3v) is 5.50. The van der Waals surface area contributed by atoms with Crippen molar-refractivity contribution in [1.29, 1.82) is 0 Å². The van der Waals surface area contributed by atoms with Crippen molar-refractivity contribution in [1.82, 2.24) is 19.9 Å². The van der Waals surface area contributed by atoms with Crippen LogP contribution in [0, 0.1) is 0 Å². The van der Waals surface area contributed by atoms with Gasteiger partial charge in [0.1, 0.15) is 11.6 Å². The lowest BCUT2D eigenvalue weighted by molar-refractivity contribution is -0.131. The zero-order valence-electron chi connectivity index (χ0n) is 15.7. The van der Waals surface area contributed by atoms with Crippen molar-refractivity contribution in [3.63, 3.8) is 0 Å². The number of ether oxygens (including phenoxy) is 1. The summed E-state index contributed by atoms with van der Waals surface area (Å²) in [6.07, 6.45) is 6.16. The fourth-order valence-corrected chi connectivity index (χ4v) is 3.87. The molecule has 0 radical (unpaired) electrons. The van der Waals surface area contributed by atoms with E-state index in [1.165, 1.54) is 11.8 Å². The molecule has 7 nitrogen and oxygen atoms in total. The Labute approximate surface area is 167 Å². The number of piperidine rings is 1. The van der Waals surface area contributed by atoms with Crippen LogP contribution < -0.4 is 4.74 Å². The molecule has 2 aromatic heterocycles. The van der Waals surface area contributed by atoms with Crippen LogP contribution in [0.2, 0.25) is 0 Å². The van der Waals surface area contributed by atoms with Gasteiger partial charge in [0.2, 0.25) is 5.91 Å². The molecule has 1 amide bonds. The van der Waals surface area contributed by atoms with Crippen LogP contribution in [0.25, 0.3) is 11.1 Å². The van der Waals surface area contributed by atoms with Gasteiger partial charge in [-0.2, -0.15) is 0 Å². The highest BCUT2D eigenvalue weighted by Gasteiger charge is 2.26. The van der Waals surface area contributed by atoms with Crippen LogP contribution in [0.15, 0.2) is 46.3 Å². The fourth-order valence-electron chi connectivity index (χ4n) is 3.12. The summed E-state index contributed by atoms with van der Waals surface area (Å²) < 4.78 is 11.5. The summed E-state index contributed by atoms with van der Waals surface area (Å²) in [5, 5.41) is 0.517. The SMILES string of the molecule is CCc1cnc(OC2CCCN(C(=O)CSc3nc4ccccc4o3)C2)nc1. The van der Waals surface area contributed by atoms with Crippen LogP contribution >= 0.6 is 11.8 Å².